The second-order valence-corrected chi connectivity index (χ2v) is 6.02. The van der Waals surface area contributed by atoms with Crippen molar-refractivity contribution < 1.29 is 9.53 Å². The van der Waals surface area contributed by atoms with Crippen LogP contribution in [0.4, 0.5) is 0 Å². The lowest BCUT2D eigenvalue weighted by Gasteiger charge is -2.12. The number of thioether (sulfide) groups is 1. The molecule has 0 aliphatic heterocycles. The SMILES string of the molecule is CSCCC(N)C(=O)NCCOc1ccc2ccccc2c1. The van der Waals surface area contributed by atoms with Gasteiger partial charge in [0.2, 0.25) is 5.91 Å². The Morgan fingerprint density at radius 2 is 2.05 bits per heavy atom. The molecule has 0 aliphatic rings. The Labute approximate surface area is 135 Å². The summed E-state index contributed by atoms with van der Waals surface area (Å²) in [5.41, 5.74) is 5.79. The number of hydrogen-bond acceptors (Lipinski definition) is 4. The maximum atomic E-state index is 11.7. The molecule has 0 heterocycles. The minimum atomic E-state index is -0.437. The van der Waals surface area contributed by atoms with Crippen LogP contribution < -0.4 is 15.8 Å². The summed E-state index contributed by atoms with van der Waals surface area (Å²) in [6, 6.07) is 13.7. The van der Waals surface area contributed by atoms with Gasteiger partial charge in [0.05, 0.1) is 12.6 Å². The molecule has 0 bridgehead atoms. The molecule has 5 heteroatoms. The Hall–Kier alpha value is -1.72. The van der Waals surface area contributed by atoms with Gasteiger partial charge in [-0.15, -0.1) is 0 Å². The molecule has 0 fully saturated rings. The molecular formula is C17H22N2O2S. The van der Waals surface area contributed by atoms with E-state index in [0.717, 1.165) is 16.9 Å². The molecule has 118 valence electrons. The fourth-order valence-corrected chi connectivity index (χ4v) is 2.60. The van der Waals surface area contributed by atoms with Crippen molar-refractivity contribution in [2.75, 3.05) is 25.2 Å². The zero-order chi connectivity index (χ0) is 15.8. The van der Waals surface area contributed by atoms with E-state index in [1.54, 1.807) is 11.8 Å². The molecule has 4 nitrogen and oxygen atoms in total. The monoisotopic (exact) mass is 318 g/mol. The standard InChI is InChI=1S/C17H22N2O2S/c1-22-11-8-16(18)17(20)19-9-10-21-15-7-6-13-4-2-3-5-14(13)12-15/h2-7,12,16H,8-11,18H2,1H3,(H,19,20). The van der Waals surface area contributed by atoms with Crippen LogP contribution in [0, 0.1) is 0 Å². The number of nitrogens with two attached hydrogens (primary N) is 1. The van der Waals surface area contributed by atoms with E-state index in [4.69, 9.17) is 10.5 Å². The van der Waals surface area contributed by atoms with Gasteiger partial charge < -0.3 is 15.8 Å². The van der Waals surface area contributed by atoms with Gasteiger partial charge in [0.1, 0.15) is 12.4 Å². The van der Waals surface area contributed by atoms with Crippen molar-refractivity contribution >= 4 is 28.4 Å². The highest BCUT2D eigenvalue weighted by molar-refractivity contribution is 7.98. The summed E-state index contributed by atoms with van der Waals surface area (Å²) in [6.07, 6.45) is 2.69. The second kappa shape index (κ2) is 8.66. The molecule has 0 saturated carbocycles. The van der Waals surface area contributed by atoms with Crippen LogP contribution in [0.2, 0.25) is 0 Å². The van der Waals surface area contributed by atoms with E-state index in [-0.39, 0.29) is 5.91 Å². The van der Waals surface area contributed by atoms with Crippen molar-refractivity contribution in [1.82, 2.24) is 5.32 Å². The third kappa shape index (κ3) is 4.93. The van der Waals surface area contributed by atoms with Crippen molar-refractivity contribution in [2.45, 2.75) is 12.5 Å². The molecule has 2 aromatic rings. The second-order valence-electron chi connectivity index (χ2n) is 5.04. The lowest BCUT2D eigenvalue weighted by Crippen LogP contribution is -2.42. The third-order valence-corrected chi connectivity index (χ3v) is 4.00. The molecule has 3 N–H and O–H groups in total. The minimum Gasteiger partial charge on any atom is -0.492 e. The zero-order valence-corrected chi connectivity index (χ0v) is 13.6. The van der Waals surface area contributed by atoms with Crippen LogP contribution >= 0.6 is 11.8 Å². The fraction of sp³-hybridized carbons (Fsp3) is 0.353. The van der Waals surface area contributed by atoms with Crippen LogP contribution in [0.3, 0.4) is 0 Å². The molecule has 1 unspecified atom stereocenters. The predicted molar refractivity (Wildman–Crippen MR) is 93.4 cm³/mol. The molecule has 1 atom stereocenters. The third-order valence-electron chi connectivity index (χ3n) is 3.36. The summed E-state index contributed by atoms with van der Waals surface area (Å²) in [4.78, 5) is 11.7. The van der Waals surface area contributed by atoms with E-state index in [0.29, 0.717) is 19.6 Å². The Bertz CT molecular complexity index is 618. The number of ether oxygens (including phenoxy) is 1. The van der Waals surface area contributed by atoms with Crippen molar-refractivity contribution in [3.05, 3.63) is 42.5 Å². The number of carbonyl (C=O) groups is 1. The van der Waals surface area contributed by atoms with E-state index in [9.17, 15) is 4.79 Å². The van der Waals surface area contributed by atoms with E-state index in [1.165, 1.54) is 5.39 Å². The van der Waals surface area contributed by atoms with Crippen LogP contribution in [0.1, 0.15) is 6.42 Å². The quantitative estimate of drug-likeness (QED) is 0.734. The highest BCUT2D eigenvalue weighted by atomic mass is 32.2. The number of amides is 1. The summed E-state index contributed by atoms with van der Waals surface area (Å²) in [5.74, 6) is 1.58. The highest BCUT2D eigenvalue weighted by Gasteiger charge is 2.11. The first-order chi connectivity index (χ1) is 10.7. The Morgan fingerprint density at radius 3 is 2.82 bits per heavy atom. The largest absolute Gasteiger partial charge is 0.492 e. The van der Waals surface area contributed by atoms with E-state index < -0.39 is 6.04 Å². The molecule has 1 amide bonds. The van der Waals surface area contributed by atoms with Gasteiger partial charge >= 0.3 is 0 Å². The van der Waals surface area contributed by atoms with Crippen LogP contribution in [0.15, 0.2) is 42.5 Å². The van der Waals surface area contributed by atoms with E-state index >= 15 is 0 Å². The van der Waals surface area contributed by atoms with Crippen molar-refractivity contribution in [3.63, 3.8) is 0 Å². The molecule has 2 rings (SSSR count). The lowest BCUT2D eigenvalue weighted by molar-refractivity contribution is -0.122. The number of hydrogen-bond donors (Lipinski definition) is 2. The van der Waals surface area contributed by atoms with Crippen LogP contribution in [-0.2, 0) is 4.79 Å². The van der Waals surface area contributed by atoms with Crippen molar-refractivity contribution in [1.29, 1.82) is 0 Å². The highest BCUT2D eigenvalue weighted by Crippen LogP contribution is 2.20. The summed E-state index contributed by atoms with van der Waals surface area (Å²) < 4.78 is 5.67. The smallest absolute Gasteiger partial charge is 0.237 e. The van der Waals surface area contributed by atoms with Crippen LogP contribution in [-0.4, -0.2) is 37.1 Å². The molecule has 0 aromatic heterocycles. The number of fused-ring (bicyclic) bond motifs is 1. The summed E-state index contributed by atoms with van der Waals surface area (Å²) >= 11 is 1.69. The Kier molecular flexibility index (Phi) is 6.55. The summed E-state index contributed by atoms with van der Waals surface area (Å²) in [7, 11) is 0. The molecule has 22 heavy (non-hydrogen) atoms. The summed E-state index contributed by atoms with van der Waals surface area (Å²) in [5, 5.41) is 5.13. The number of nitrogens with one attached hydrogen (secondary N) is 1. The molecule has 0 aliphatic carbocycles. The Balaban J connectivity index is 1.74. The lowest BCUT2D eigenvalue weighted by atomic mass is 10.1. The average molecular weight is 318 g/mol. The first-order valence-corrected chi connectivity index (χ1v) is 8.74. The van der Waals surface area contributed by atoms with Gasteiger partial charge in [-0.25, -0.2) is 0 Å². The van der Waals surface area contributed by atoms with Crippen LogP contribution in [0.25, 0.3) is 10.8 Å². The van der Waals surface area contributed by atoms with Gasteiger partial charge in [-0.1, -0.05) is 30.3 Å². The normalized spacial score (nSPS) is 12.1. The molecule has 2 aromatic carbocycles. The topological polar surface area (TPSA) is 64.4 Å². The fourth-order valence-electron chi connectivity index (χ4n) is 2.11. The van der Waals surface area contributed by atoms with Gasteiger partial charge in [0, 0.05) is 0 Å². The first-order valence-electron chi connectivity index (χ1n) is 7.34. The maximum absolute atomic E-state index is 11.7. The predicted octanol–water partition coefficient (Wildman–Crippen LogP) is 2.42. The summed E-state index contributed by atoms with van der Waals surface area (Å²) in [6.45, 7) is 0.887. The van der Waals surface area contributed by atoms with Gasteiger partial charge in [-0.05, 0) is 41.3 Å². The van der Waals surface area contributed by atoms with Gasteiger partial charge in [-0.2, -0.15) is 11.8 Å². The van der Waals surface area contributed by atoms with Gasteiger partial charge in [-0.3, -0.25) is 4.79 Å². The first kappa shape index (κ1) is 16.6. The van der Waals surface area contributed by atoms with Gasteiger partial charge in [0.15, 0.2) is 0 Å². The van der Waals surface area contributed by atoms with Crippen molar-refractivity contribution in [2.24, 2.45) is 5.73 Å². The minimum absolute atomic E-state index is 0.115. The molecule has 0 spiro atoms. The number of rotatable bonds is 8. The molecular weight excluding hydrogens is 296 g/mol. The van der Waals surface area contributed by atoms with Gasteiger partial charge in [0.25, 0.3) is 0 Å². The number of benzene rings is 2. The molecule has 0 radical (unpaired) electrons. The molecule has 0 saturated heterocycles. The van der Waals surface area contributed by atoms with E-state index in [2.05, 4.69) is 17.4 Å². The maximum Gasteiger partial charge on any atom is 0.237 e. The zero-order valence-electron chi connectivity index (χ0n) is 12.7. The number of carbonyl (C=O) groups excluding carboxylic acids is 1. The van der Waals surface area contributed by atoms with Crippen LogP contribution in [0.5, 0.6) is 5.75 Å². The average Bonchev–Trinajstić information content (AvgIpc) is 2.56. The Morgan fingerprint density at radius 1 is 1.27 bits per heavy atom. The van der Waals surface area contributed by atoms with Crippen molar-refractivity contribution in [3.8, 4) is 5.75 Å². The van der Waals surface area contributed by atoms with E-state index in [1.807, 2.05) is 36.6 Å².